The molecule has 1 aliphatic rings. The van der Waals surface area contributed by atoms with Crippen LogP contribution in [-0.2, 0) is 0 Å². The number of carboxylic acid groups (broad SMARTS) is 2. The Morgan fingerprint density at radius 3 is 2.14 bits per heavy atom. The molecule has 0 radical (unpaired) electrons. The van der Waals surface area contributed by atoms with Crippen molar-refractivity contribution >= 4 is 17.7 Å². The molecule has 3 rings (SSSR count). The normalized spacial score (nSPS) is 13.8. The number of likely N-dealkylation sites (N-methyl/N-ethyl adjacent to an activating group) is 1. The van der Waals surface area contributed by atoms with Crippen molar-refractivity contribution in [3.63, 3.8) is 0 Å². The van der Waals surface area contributed by atoms with Gasteiger partial charge < -0.3 is 39.6 Å². The van der Waals surface area contributed by atoms with Gasteiger partial charge in [-0.05, 0) is 62.4 Å². The minimum Gasteiger partial charge on any atom is -0.652 e. The summed E-state index contributed by atoms with van der Waals surface area (Å²) in [5, 5.41) is 19.7. The van der Waals surface area contributed by atoms with E-state index in [1.807, 2.05) is 32.0 Å². The molecule has 2 aromatic carbocycles. The van der Waals surface area contributed by atoms with Crippen LogP contribution in [0.1, 0.15) is 34.5 Å². The van der Waals surface area contributed by atoms with Crippen LogP contribution in [0, 0.1) is 6.92 Å². The van der Waals surface area contributed by atoms with Gasteiger partial charge >= 0.3 is 144 Å². The smallest absolute Gasteiger partial charge is 0.652 e. The number of alkyl halides is 2. The number of carbonyl (C=O) groups is 2. The second-order valence-electron chi connectivity index (χ2n) is 8.02. The maximum absolute atomic E-state index is 13.0. The van der Waals surface area contributed by atoms with Crippen LogP contribution in [0.2, 0.25) is 0 Å². The first-order chi connectivity index (χ1) is 16.5. The number of ether oxygens (including phenoxy) is 2. The van der Waals surface area contributed by atoms with Crippen molar-refractivity contribution in [3.05, 3.63) is 53.1 Å². The maximum Gasteiger partial charge on any atom is 1.00 e. The zero-order valence-corrected chi connectivity index (χ0v) is 34.6. The van der Waals surface area contributed by atoms with Crippen molar-refractivity contribution in [3.8, 4) is 11.5 Å². The molecule has 37 heavy (non-hydrogen) atoms. The van der Waals surface area contributed by atoms with Crippen molar-refractivity contribution in [1.82, 2.24) is 10.2 Å². The summed E-state index contributed by atoms with van der Waals surface area (Å²) in [6.45, 7) is 4.62. The molecule has 13 heteroatoms. The number of nitrogens with zero attached hydrogens (tertiary/aromatic N) is 2. The van der Waals surface area contributed by atoms with Gasteiger partial charge in [0.25, 0.3) is 5.91 Å². The van der Waals surface area contributed by atoms with Gasteiger partial charge in [0.1, 0.15) is 0 Å². The molecule has 1 heterocycles. The Balaban J connectivity index is 0.00000201. The van der Waals surface area contributed by atoms with Gasteiger partial charge in [0, 0.05) is 37.4 Å². The number of benzene rings is 2. The maximum atomic E-state index is 13.0. The van der Waals surface area contributed by atoms with Crippen LogP contribution in [0.25, 0.3) is 0 Å². The van der Waals surface area contributed by atoms with Gasteiger partial charge in [-0.15, -0.1) is 0 Å². The number of hydrogen-bond acceptors (Lipinski definition) is 8. The van der Waals surface area contributed by atoms with Crippen LogP contribution in [-0.4, -0.2) is 63.9 Å². The third-order valence-corrected chi connectivity index (χ3v) is 5.59. The molecule has 0 aromatic heterocycles. The molecule has 1 aliphatic heterocycles. The molecule has 0 bridgehead atoms. The van der Waals surface area contributed by atoms with Gasteiger partial charge in [-0.2, -0.15) is 8.78 Å². The Morgan fingerprint density at radius 2 is 1.59 bits per heavy atom. The number of amides is 1. The molecule has 1 N–H and O–H groups in total. The molecule has 1 saturated heterocycles. The van der Waals surface area contributed by atoms with E-state index in [0.29, 0.717) is 5.56 Å². The van der Waals surface area contributed by atoms with Gasteiger partial charge in [-0.1, -0.05) is 12.1 Å². The second-order valence-corrected chi connectivity index (χ2v) is 8.02. The van der Waals surface area contributed by atoms with E-state index in [-0.39, 0.29) is 161 Å². The minimum absolute atomic E-state index is 0. The fourth-order valence-electron chi connectivity index (χ4n) is 3.62. The molecule has 9 nitrogen and oxygen atoms in total. The Kier molecular flexibility index (Phi) is 19.0. The number of aryl methyl sites for hydroxylation is 1. The van der Waals surface area contributed by atoms with Crippen molar-refractivity contribution in [2.75, 3.05) is 45.2 Å². The average Bonchev–Trinajstić information content (AvgIpc) is 2.79. The minimum atomic E-state index is -2.94. The monoisotopic (exact) mass is 759 g/mol. The summed E-state index contributed by atoms with van der Waals surface area (Å²) < 4.78 is 34.7. The van der Waals surface area contributed by atoms with Gasteiger partial charge in [-0.3, -0.25) is 4.79 Å². The summed E-state index contributed by atoms with van der Waals surface area (Å²) in [4.78, 5) is 25.9. The molecule has 192 valence electrons. The summed E-state index contributed by atoms with van der Waals surface area (Å²) >= 11 is 0. The first kappa shape index (κ1) is 37.5. The molecule has 1 amide bonds. The van der Waals surface area contributed by atoms with E-state index in [9.17, 15) is 13.6 Å². The molecule has 0 aliphatic carbocycles. The summed E-state index contributed by atoms with van der Waals surface area (Å²) in [6, 6.07) is 10.2. The topological polar surface area (TPSA) is 117 Å². The number of hydrogen-bond donors (Lipinski definition) is 1. The first-order valence-electron chi connectivity index (χ1n) is 10.9. The largest absolute Gasteiger partial charge is 1.00 e. The third-order valence-electron chi connectivity index (χ3n) is 5.59. The Labute approximate surface area is 333 Å². The van der Waals surface area contributed by atoms with E-state index in [1.165, 1.54) is 13.2 Å². The molecule has 0 spiro atoms. The molecule has 1 atom stereocenters. The van der Waals surface area contributed by atoms with Crippen molar-refractivity contribution in [1.29, 1.82) is 0 Å². The fourth-order valence-corrected chi connectivity index (χ4v) is 3.62. The quantitative estimate of drug-likeness (QED) is 0.300. The van der Waals surface area contributed by atoms with E-state index < -0.39 is 12.8 Å². The van der Waals surface area contributed by atoms with Crippen LogP contribution in [0.5, 0.6) is 11.5 Å². The fraction of sp³-hybridized carbons (Fsp3) is 0.417. The molecular formula is C24H29Cs2F2N3O6. The Bertz CT molecular complexity index is 1020. The van der Waals surface area contributed by atoms with E-state index in [4.69, 9.17) is 19.7 Å². The number of anilines is 1. The zero-order valence-electron chi connectivity index (χ0n) is 22.0. The number of methoxy groups -OCH3 is 1. The molecule has 0 saturated carbocycles. The van der Waals surface area contributed by atoms with Gasteiger partial charge in [0.15, 0.2) is 11.5 Å². The molecular weight excluding hydrogens is 730 g/mol. The van der Waals surface area contributed by atoms with Gasteiger partial charge in [0.05, 0.1) is 13.2 Å². The van der Waals surface area contributed by atoms with Crippen LogP contribution >= 0.6 is 0 Å². The van der Waals surface area contributed by atoms with Crippen molar-refractivity contribution < 1.29 is 176 Å². The van der Waals surface area contributed by atoms with Crippen LogP contribution in [0.4, 0.5) is 19.3 Å². The number of carbonyl (C=O) groups excluding carboxylic acids is 2. The van der Waals surface area contributed by atoms with E-state index in [0.717, 1.165) is 43.0 Å². The Morgan fingerprint density at radius 1 is 1.00 bits per heavy atom. The molecule has 2 aromatic rings. The summed E-state index contributed by atoms with van der Waals surface area (Å²) in [6.07, 6.45) is -2.33. The first-order valence-corrected chi connectivity index (χ1v) is 10.9. The average molecular weight is 759 g/mol. The third kappa shape index (κ3) is 12.7. The number of piperazine rings is 1. The Hall–Kier alpha value is 0.504. The van der Waals surface area contributed by atoms with Gasteiger partial charge in [-0.25, -0.2) is 0 Å². The standard InChI is InChI=1S/C23H29F2N3O3.CH2O3.2Cs/c1-15-5-7-18(28-11-9-27(3)10-12-28)14-19(15)22(29)26-16(2)17-6-8-20(31-23(24)25)21(13-17)30-4;2-1(3)4;;/h5-8,13-14,16,23H,9-12H2,1-4H3,(H,26,29);(H2,2,3,4);;/q;;2*+1/p-2/t16-;;;/m1.../s1. The molecule has 0 unspecified atom stereocenters. The summed E-state index contributed by atoms with van der Waals surface area (Å²) in [7, 11) is 3.49. The number of rotatable bonds is 7. The van der Waals surface area contributed by atoms with Crippen molar-refractivity contribution in [2.24, 2.45) is 0 Å². The number of nitrogens with one attached hydrogen (secondary N) is 1. The van der Waals surface area contributed by atoms with Crippen LogP contribution in [0.15, 0.2) is 36.4 Å². The van der Waals surface area contributed by atoms with Gasteiger partial charge in [0.2, 0.25) is 0 Å². The van der Waals surface area contributed by atoms with Crippen LogP contribution < -0.4 is 168 Å². The van der Waals surface area contributed by atoms with E-state index in [2.05, 4.69) is 26.9 Å². The predicted molar refractivity (Wildman–Crippen MR) is 122 cm³/mol. The SMILES string of the molecule is COc1cc([C@@H](C)NC(=O)c2cc(N3CCN(C)CC3)ccc2C)ccc1OC(F)F.O=C([O-])[O-].[Cs+].[Cs+]. The summed E-state index contributed by atoms with van der Waals surface area (Å²) in [5.74, 6) is -0.0458. The van der Waals surface area contributed by atoms with Crippen molar-refractivity contribution in [2.45, 2.75) is 26.5 Å². The van der Waals surface area contributed by atoms with E-state index >= 15 is 0 Å². The predicted octanol–water partition coefficient (Wildman–Crippen LogP) is -4.59. The van der Waals surface area contributed by atoms with E-state index in [1.54, 1.807) is 12.1 Å². The molecule has 1 fully saturated rings. The zero-order chi connectivity index (χ0) is 26.1. The summed E-state index contributed by atoms with van der Waals surface area (Å²) in [5.41, 5.74) is 3.26. The number of halogens is 2. The second kappa shape index (κ2) is 18.8. The van der Waals surface area contributed by atoms with Crippen LogP contribution in [0.3, 0.4) is 0 Å².